The van der Waals surface area contributed by atoms with E-state index in [1.54, 1.807) is 48.5 Å². The van der Waals surface area contributed by atoms with Gasteiger partial charge >= 0.3 is 0 Å². The standard InChI is InChI=1S/C24H21F2NO3/c1-16(28)18-8-10-22(11-9-18)30-15-24(29)27-23(19-5-3-7-21(26)14-19)13-17-4-2-6-20(25)12-17/h2-12,14,23H,13,15H2,1H3,(H,27,29). The van der Waals surface area contributed by atoms with Crippen LogP contribution in [0.3, 0.4) is 0 Å². The lowest BCUT2D eigenvalue weighted by Crippen LogP contribution is -2.33. The molecule has 0 heterocycles. The molecule has 0 bridgehead atoms. The van der Waals surface area contributed by atoms with E-state index in [1.807, 2.05) is 0 Å². The number of Topliss-reactive ketones (excluding diaryl/α,β-unsaturated/α-hetero) is 1. The predicted molar refractivity (Wildman–Crippen MR) is 109 cm³/mol. The van der Waals surface area contributed by atoms with E-state index in [-0.39, 0.29) is 18.2 Å². The second-order valence-electron chi connectivity index (χ2n) is 6.88. The average Bonchev–Trinajstić information content (AvgIpc) is 2.72. The maximum absolute atomic E-state index is 13.7. The fraction of sp³-hybridized carbons (Fsp3) is 0.167. The second-order valence-corrected chi connectivity index (χ2v) is 6.88. The maximum atomic E-state index is 13.7. The Morgan fingerprint density at radius 2 is 1.60 bits per heavy atom. The fourth-order valence-corrected chi connectivity index (χ4v) is 3.05. The third-order valence-electron chi connectivity index (χ3n) is 4.55. The number of halogens is 2. The number of carbonyl (C=O) groups excluding carboxylic acids is 2. The quantitative estimate of drug-likeness (QED) is 0.551. The molecule has 0 fully saturated rings. The fourth-order valence-electron chi connectivity index (χ4n) is 3.05. The van der Waals surface area contributed by atoms with Crippen molar-refractivity contribution < 1.29 is 23.1 Å². The number of hydrogen-bond acceptors (Lipinski definition) is 3. The van der Waals surface area contributed by atoms with Gasteiger partial charge in [-0.15, -0.1) is 0 Å². The molecule has 3 rings (SSSR count). The first kappa shape index (κ1) is 21.2. The van der Waals surface area contributed by atoms with Crippen LogP contribution in [0.4, 0.5) is 8.78 Å². The molecule has 0 spiro atoms. The Balaban J connectivity index is 1.68. The van der Waals surface area contributed by atoms with Gasteiger partial charge in [0.25, 0.3) is 5.91 Å². The highest BCUT2D eigenvalue weighted by atomic mass is 19.1. The van der Waals surface area contributed by atoms with Crippen molar-refractivity contribution in [1.82, 2.24) is 5.32 Å². The Labute approximate surface area is 173 Å². The molecule has 30 heavy (non-hydrogen) atoms. The number of ether oxygens (including phenoxy) is 1. The normalized spacial score (nSPS) is 11.6. The summed E-state index contributed by atoms with van der Waals surface area (Å²) in [6.07, 6.45) is 0.292. The van der Waals surface area contributed by atoms with Gasteiger partial charge in [-0.1, -0.05) is 24.3 Å². The minimum atomic E-state index is -0.557. The molecule has 0 aliphatic heterocycles. The van der Waals surface area contributed by atoms with E-state index < -0.39 is 17.8 Å². The van der Waals surface area contributed by atoms with Crippen LogP contribution in [0.15, 0.2) is 72.8 Å². The van der Waals surface area contributed by atoms with Gasteiger partial charge in [-0.2, -0.15) is 0 Å². The first-order valence-corrected chi connectivity index (χ1v) is 9.44. The summed E-state index contributed by atoms with van der Waals surface area (Å²) in [5.41, 5.74) is 1.79. The molecule has 3 aromatic carbocycles. The molecule has 1 N–H and O–H groups in total. The van der Waals surface area contributed by atoms with Crippen LogP contribution in [-0.4, -0.2) is 18.3 Å². The maximum Gasteiger partial charge on any atom is 0.258 e. The summed E-state index contributed by atoms with van der Waals surface area (Å²) in [5, 5.41) is 2.82. The first-order valence-electron chi connectivity index (χ1n) is 9.44. The molecule has 1 amide bonds. The van der Waals surface area contributed by atoms with Gasteiger partial charge in [-0.3, -0.25) is 9.59 Å². The van der Waals surface area contributed by atoms with Crippen LogP contribution >= 0.6 is 0 Å². The minimum Gasteiger partial charge on any atom is -0.484 e. The Bertz CT molecular complexity index is 1030. The highest BCUT2D eigenvalue weighted by molar-refractivity contribution is 5.94. The van der Waals surface area contributed by atoms with Crippen molar-refractivity contribution in [2.45, 2.75) is 19.4 Å². The van der Waals surface area contributed by atoms with E-state index in [9.17, 15) is 18.4 Å². The van der Waals surface area contributed by atoms with Crippen molar-refractivity contribution in [3.8, 4) is 5.75 Å². The van der Waals surface area contributed by atoms with Gasteiger partial charge in [0.1, 0.15) is 17.4 Å². The number of rotatable bonds is 8. The summed E-state index contributed by atoms with van der Waals surface area (Å²) in [6, 6.07) is 17.9. The van der Waals surface area contributed by atoms with Gasteiger partial charge in [0.15, 0.2) is 12.4 Å². The smallest absolute Gasteiger partial charge is 0.258 e. The topological polar surface area (TPSA) is 55.4 Å². The van der Waals surface area contributed by atoms with Crippen LogP contribution in [0.5, 0.6) is 5.75 Å². The molecule has 0 saturated carbocycles. The van der Waals surface area contributed by atoms with Crippen molar-refractivity contribution in [3.63, 3.8) is 0 Å². The summed E-state index contributed by atoms with van der Waals surface area (Å²) in [5.74, 6) is -0.824. The van der Waals surface area contributed by atoms with Gasteiger partial charge < -0.3 is 10.1 Å². The minimum absolute atomic E-state index is 0.0606. The molecular weight excluding hydrogens is 388 g/mol. The van der Waals surface area contributed by atoms with Crippen LogP contribution in [0, 0.1) is 11.6 Å². The zero-order chi connectivity index (χ0) is 21.5. The van der Waals surface area contributed by atoms with Crippen molar-refractivity contribution in [2.75, 3.05) is 6.61 Å². The predicted octanol–water partition coefficient (Wildman–Crippen LogP) is 4.65. The van der Waals surface area contributed by atoms with Gasteiger partial charge in [-0.05, 0) is 73.0 Å². The highest BCUT2D eigenvalue weighted by Crippen LogP contribution is 2.20. The third-order valence-corrected chi connectivity index (χ3v) is 4.55. The molecule has 1 unspecified atom stereocenters. The van der Waals surface area contributed by atoms with E-state index in [2.05, 4.69) is 5.32 Å². The lowest BCUT2D eigenvalue weighted by atomic mass is 9.98. The third kappa shape index (κ3) is 5.98. The monoisotopic (exact) mass is 409 g/mol. The van der Waals surface area contributed by atoms with Crippen LogP contribution in [-0.2, 0) is 11.2 Å². The number of amides is 1. The van der Waals surface area contributed by atoms with Crippen LogP contribution < -0.4 is 10.1 Å². The molecule has 6 heteroatoms. The largest absolute Gasteiger partial charge is 0.484 e. The lowest BCUT2D eigenvalue weighted by molar-refractivity contribution is -0.123. The summed E-state index contributed by atoms with van der Waals surface area (Å²) >= 11 is 0. The Morgan fingerprint density at radius 1 is 0.933 bits per heavy atom. The van der Waals surface area contributed by atoms with E-state index in [1.165, 1.54) is 31.2 Å². The van der Waals surface area contributed by atoms with Crippen molar-refractivity contribution in [3.05, 3.63) is 101 Å². The van der Waals surface area contributed by atoms with Gasteiger partial charge in [0, 0.05) is 5.56 Å². The summed E-state index contributed by atoms with van der Waals surface area (Å²) < 4.78 is 32.7. The van der Waals surface area contributed by atoms with E-state index in [4.69, 9.17) is 4.74 Å². The Hall–Kier alpha value is -3.54. The molecular formula is C24H21F2NO3. The molecule has 0 aliphatic carbocycles. The average molecular weight is 409 g/mol. The van der Waals surface area contributed by atoms with E-state index in [0.29, 0.717) is 28.9 Å². The molecule has 0 radical (unpaired) electrons. The number of carbonyl (C=O) groups is 2. The Morgan fingerprint density at radius 3 is 2.23 bits per heavy atom. The van der Waals surface area contributed by atoms with Gasteiger partial charge in [-0.25, -0.2) is 8.78 Å². The highest BCUT2D eigenvalue weighted by Gasteiger charge is 2.17. The summed E-state index contributed by atoms with van der Waals surface area (Å²) in [4.78, 5) is 23.8. The number of hydrogen-bond donors (Lipinski definition) is 1. The molecule has 154 valence electrons. The Kier molecular flexibility index (Phi) is 6.91. The molecule has 4 nitrogen and oxygen atoms in total. The molecule has 0 aliphatic rings. The molecule has 0 saturated heterocycles. The van der Waals surface area contributed by atoms with Crippen molar-refractivity contribution >= 4 is 11.7 Å². The SMILES string of the molecule is CC(=O)c1ccc(OCC(=O)NC(Cc2cccc(F)c2)c2cccc(F)c2)cc1. The molecule has 3 aromatic rings. The van der Waals surface area contributed by atoms with Crippen LogP contribution in [0.1, 0.15) is 34.5 Å². The van der Waals surface area contributed by atoms with Crippen LogP contribution in [0.25, 0.3) is 0 Å². The summed E-state index contributed by atoms with van der Waals surface area (Å²) in [7, 11) is 0. The van der Waals surface area contributed by atoms with Gasteiger partial charge in [0.2, 0.25) is 0 Å². The molecule has 1 atom stereocenters. The zero-order valence-corrected chi connectivity index (χ0v) is 16.4. The van der Waals surface area contributed by atoms with Crippen molar-refractivity contribution in [1.29, 1.82) is 0 Å². The van der Waals surface area contributed by atoms with Gasteiger partial charge in [0.05, 0.1) is 6.04 Å². The van der Waals surface area contributed by atoms with E-state index >= 15 is 0 Å². The van der Waals surface area contributed by atoms with Crippen molar-refractivity contribution in [2.24, 2.45) is 0 Å². The second kappa shape index (κ2) is 9.78. The number of nitrogens with one attached hydrogen (secondary N) is 1. The number of ketones is 1. The number of benzene rings is 3. The molecule has 0 aromatic heterocycles. The van der Waals surface area contributed by atoms with Crippen LogP contribution in [0.2, 0.25) is 0 Å². The zero-order valence-electron chi connectivity index (χ0n) is 16.4. The lowest BCUT2D eigenvalue weighted by Gasteiger charge is -2.20. The first-order chi connectivity index (χ1) is 14.4. The summed E-state index contributed by atoms with van der Waals surface area (Å²) in [6.45, 7) is 1.21. The van der Waals surface area contributed by atoms with E-state index in [0.717, 1.165) is 0 Å².